The molecule has 0 saturated carbocycles. The zero-order valence-corrected chi connectivity index (χ0v) is 15.7. The molecule has 146 valence electrons. The third-order valence-corrected chi connectivity index (χ3v) is 5.02. The van der Waals surface area contributed by atoms with Crippen LogP contribution in [-0.4, -0.2) is 36.2 Å². The fraction of sp³-hybridized carbons (Fsp3) is 0.333. The number of likely N-dealkylation sites (tertiary alicyclic amines) is 1. The van der Waals surface area contributed by atoms with Gasteiger partial charge in [-0.1, -0.05) is 23.8 Å². The van der Waals surface area contributed by atoms with E-state index in [0.29, 0.717) is 31.0 Å². The number of nitrogens with zero attached hydrogens (tertiary/aromatic N) is 1. The summed E-state index contributed by atoms with van der Waals surface area (Å²) >= 11 is 0. The van der Waals surface area contributed by atoms with Crippen LogP contribution in [0.2, 0.25) is 0 Å². The number of fused-ring (bicyclic) bond motifs is 1. The first kappa shape index (κ1) is 18.2. The third kappa shape index (κ3) is 3.88. The maximum Gasteiger partial charge on any atom is 0.322 e. The monoisotopic (exact) mass is 381 g/mol. The zero-order valence-electron chi connectivity index (χ0n) is 15.7. The molecule has 7 nitrogen and oxygen atoms in total. The van der Waals surface area contributed by atoms with Crippen molar-refractivity contribution in [3.05, 3.63) is 53.6 Å². The highest BCUT2D eigenvalue weighted by Crippen LogP contribution is 2.32. The van der Waals surface area contributed by atoms with Crippen LogP contribution in [0.1, 0.15) is 24.0 Å². The molecule has 2 N–H and O–H groups in total. The van der Waals surface area contributed by atoms with Crippen LogP contribution in [0.4, 0.5) is 10.5 Å². The Morgan fingerprint density at radius 3 is 2.71 bits per heavy atom. The normalized spacial score (nSPS) is 17.5. The third-order valence-electron chi connectivity index (χ3n) is 5.02. The van der Waals surface area contributed by atoms with E-state index in [4.69, 9.17) is 9.47 Å². The first-order valence-electron chi connectivity index (χ1n) is 9.41. The van der Waals surface area contributed by atoms with Crippen LogP contribution < -0.4 is 20.1 Å². The van der Waals surface area contributed by atoms with Crippen LogP contribution in [-0.2, 0) is 11.3 Å². The lowest BCUT2D eigenvalue weighted by atomic mass is 10.1. The van der Waals surface area contributed by atoms with E-state index >= 15 is 0 Å². The number of urea groups is 1. The van der Waals surface area contributed by atoms with E-state index in [2.05, 4.69) is 10.6 Å². The molecule has 0 unspecified atom stereocenters. The van der Waals surface area contributed by atoms with Crippen LogP contribution in [0, 0.1) is 6.92 Å². The van der Waals surface area contributed by atoms with E-state index < -0.39 is 6.04 Å². The lowest BCUT2D eigenvalue weighted by Gasteiger charge is -2.24. The number of hydrogen-bond donors (Lipinski definition) is 2. The van der Waals surface area contributed by atoms with Gasteiger partial charge >= 0.3 is 6.03 Å². The minimum Gasteiger partial charge on any atom is -0.454 e. The fourth-order valence-corrected chi connectivity index (χ4v) is 3.47. The van der Waals surface area contributed by atoms with Crippen LogP contribution in [0.15, 0.2) is 42.5 Å². The highest BCUT2D eigenvalue weighted by molar-refractivity contribution is 5.94. The average molecular weight is 381 g/mol. The molecule has 0 aromatic heterocycles. The van der Waals surface area contributed by atoms with Gasteiger partial charge in [0, 0.05) is 18.8 Å². The second kappa shape index (κ2) is 7.80. The topological polar surface area (TPSA) is 79.9 Å². The van der Waals surface area contributed by atoms with Crippen molar-refractivity contribution in [1.82, 2.24) is 10.2 Å². The summed E-state index contributed by atoms with van der Waals surface area (Å²) in [6.07, 6.45) is 1.47. The Hall–Kier alpha value is -3.22. The number of nitrogens with one attached hydrogen (secondary N) is 2. The number of aryl methyl sites for hydroxylation is 1. The molecule has 0 spiro atoms. The summed E-state index contributed by atoms with van der Waals surface area (Å²) in [4.78, 5) is 26.9. The molecule has 4 rings (SSSR count). The molecule has 0 bridgehead atoms. The van der Waals surface area contributed by atoms with E-state index in [1.807, 2.05) is 49.4 Å². The predicted molar refractivity (Wildman–Crippen MR) is 104 cm³/mol. The van der Waals surface area contributed by atoms with Gasteiger partial charge in [-0.25, -0.2) is 4.79 Å². The van der Waals surface area contributed by atoms with Gasteiger partial charge in [-0.2, -0.15) is 0 Å². The highest BCUT2D eigenvalue weighted by atomic mass is 16.7. The van der Waals surface area contributed by atoms with Crippen molar-refractivity contribution in [3.8, 4) is 11.5 Å². The lowest BCUT2D eigenvalue weighted by Crippen LogP contribution is -2.47. The lowest BCUT2D eigenvalue weighted by molar-refractivity contribution is -0.124. The van der Waals surface area contributed by atoms with Crippen molar-refractivity contribution in [1.29, 1.82) is 0 Å². The SMILES string of the molecule is Cc1ccc(NC(=O)N2CCC[C@@H]2C(=O)NCc2ccc3c(c2)OCO3)cc1. The molecule has 3 amide bonds. The number of anilines is 1. The summed E-state index contributed by atoms with van der Waals surface area (Å²) in [6.45, 7) is 3.16. The van der Waals surface area contributed by atoms with Gasteiger partial charge in [0.15, 0.2) is 11.5 Å². The van der Waals surface area contributed by atoms with Crippen LogP contribution >= 0.6 is 0 Å². The number of hydrogen-bond acceptors (Lipinski definition) is 4. The van der Waals surface area contributed by atoms with E-state index in [1.165, 1.54) is 0 Å². The second-order valence-electron chi connectivity index (χ2n) is 7.05. The fourth-order valence-electron chi connectivity index (χ4n) is 3.47. The summed E-state index contributed by atoms with van der Waals surface area (Å²) in [6, 6.07) is 12.5. The highest BCUT2D eigenvalue weighted by Gasteiger charge is 2.34. The standard InChI is InChI=1S/C21H23N3O4/c1-14-4-7-16(8-5-14)23-21(26)24-10-2-3-17(24)20(25)22-12-15-6-9-18-19(11-15)28-13-27-18/h4-9,11,17H,2-3,10,12-13H2,1H3,(H,22,25)(H,23,26)/t17-/m1/s1. The quantitative estimate of drug-likeness (QED) is 0.853. The van der Waals surface area contributed by atoms with Gasteiger partial charge in [0.2, 0.25) is 12.7 Å². The van der Waals surface area contributed by atoms with E-state index in [9.17, 15) is 9.59 Å². The van der Waals surface area contributed by atoms with Crippen LogP contribution in [0.5, 0.6) is 11.5 Å². The van der Waals surface area contributed by atoms with E-state index in [1.54, 1.807) is 4.90 Å². The van der Waals surface area contributed by atoms with Gasteiger partial charge in [-0.15, -0.1) is 0 Å². The molecule has 1 saturated heterocycles. The number of benzene rings is 2. The molecule has 0 radical (unpaired) electrons. The molecular weight excluding hydrogens is 358 g/mol. The Labute approximate surface area is 163 Å². The average Bonchev–Trinajstić information content (AvgIpc) is 3.36. The number of ether oxygens (including phenoxy) is 2. The van der Waals surface area contributed by atoms with Gasteiger partial charge in [0.25, 0.3) is 0 Å². The van der Waals surface area contributed by atoms with Gasteiger partial charge in [0.1, 0.15) is 6.04 Å². The number of rotatable bonds is 4. The summed E-state index contributed by atoms with van der Waals surface area (Å²) in [5.74, 6) is 1.26. The van der Waals surface area contributed by atoms with Crippen molar-refractivity contribution >= 4 is 17.6 Å². The molecule has 1 atom stereocenters. The molecule has 2 heterocycles. The van der Waals surface area contributed by atoms with E-state index in [0.717, 1.165) is 23.2 Å². The number of amides is 3. The molecule has 2 aromatic carbocycles. The van der Waals surface area contributed by atoms with Crippen molar-refractivity contribution in [2.24, 2.45) is 0 Å². The van der Waals surface area contributed by atoms with Crippen molar-refractivity contribution in [2.45, 2.75) is 32.4 Å². The first-order chi connectivity index (χ1) is 13.6. The summed E-state index contributed by atoms with van der Waals surface area (Å²) in [5.41, 5.74) is 2.77. The Kier molecular flexibility index (Phi) is 5.06. The molecule has 0 aliphatic carbocycles. The number of carbonyl (C=O) groups excluding carboxylic acids is 2. The molecule has 2 aliphatic heterocycles. The van der Waals surface area contributed by atoms with Gasteiger partial charge in [-0.3, -0.25) is 4.79 Å². The molecule has 2 aromatic rings. The van der Waals surface area contributed by atoms with Crippen LogP contribution in [0.25, 0.3) is 0 Å². The van der Waals surface area contributed by atoms with Crippen molar-refractivity contribution in [3.63, 3.8) is 0 Å². The Bertz CT molecular complexity index is 882. The molecule has 28 heavy (non-hydrogen) atoms. The summed E-state index contributed by atoms with van der Waals surface area (Å²) < 4.78 is 10.7. The predicted octanol–water partition coefficient (Wildman–Crippen LogP) is 3.04. The first-order valence-corrected chi connectivity index (χ1v) is 9.41. The maximum atomic E-state index is 12.7. The van der Waals surface area contributed by atoms with Crippen molar-refractivity contribution in [2.75, 3.05) is 18.7 Å². The maximum absolute atomic E-state index is 12.7. The Balaban J connectivity index is 1.35. The minimum absolute atomic E-state index is 0.144. The molecule has 2 aliphatic rings. The number of carbonyl (C=O) groups is 2. The summed E-state index contributed by atoms with van der Waals surface area (Å²) in [5, 5.41) is 5.81. The Morgan fingerprint density at radius 2 is 1.89 bits per heavy atom. The van der Waals surface area contributed by atoms with Gasteiger partial charge in [-0.05, 0) is 49.6 Å². The second-order valence-corrected chi connectivity index (χ2v) is 7.05. The minimum atomic E-state index is -0.459. The van der Waals surface area contributed by atoms with Gasteiger partial charge in [0.05, 0.1) is 0 Å². The zero-order chi connectivity index (χ0) is 19.5. The van der Waals surface area contributed by atoms with Crippen LogP contribution in [0.3, 0.4) is 0 Å². The van der Waals surface area contributed by atoms with Crippen molar-refractivity contribution < 1.29 is 19.1 Å². The smallest absolute Gasteiger partial charge is 0.322 e. The summed E-state index contributed by atoms with van der Waals surface area (Å²) in [7, 11) is 0. The Morgan fingerprint density at radius 1 is 1.11 bits per heavy atom. The molecular formula is C21H23N3O4. The largest absolute Gasteiger partial charge is 0.454 e. The molecule has 7 heteroatoms. The van der Waals surface area contributed by atoms with Gasteiger partial charge < -0.3 is 25.0 Å². The molecule has 1 fully saturated rings. The van der Waals surface area contributed by atoms with E-state index in [-0.39, 0.29) is 18.7 Å².